The van der Waals surface area contributed by atoms with Gasteiger partial charge in [-0.25, -0.2) is 8.78 Å². The Labute approximate surface area is 96.5 Å². The fourth-order valence-corrected chi connectivity index (χ4v) is 1.84. The maximum atomic E-state index is 12.6. The van der Waals surface area contributed by atoms with E-state index in [4.69, 9.17) is 5.11 Å². The third-order valence-electron chi connectivity index (χ3n) is 1.73. The minimum atomic E-state index is -2.85. The van der Waals surface area contributed by atoms with Crippen molar-refractivity contribution >= 4 is 28.6 Å². The van der Waals surface area contributed by atoms with Crippen molar-refractivity contribution in [2.75, 3.05) is 0 Å². The van der Waals surface area contributed by atoms with Gasteiger partial charge in [-0.2, -0.15) is 0 Å². The van der Waals surface area contributed by atoms with Crippen LogP contribution in [0.15, 0.2) is 11.0 Å². The van der Waals surface area contributed by atoms with Gasteiger partial charge in [-0.1, -0.05) is 0 Å². The predicted molar refractivity (Wildman–Crippen MR) is 56.1 cm³/mol. The van der Waals surface area contributed by atoms with E-state index in [1.165, 1.54) is 0 Å². The molecule has 0 amide bonds. The van der Waals surface area contributed by atoms with Gasteiger partial charge < -0.3 is 10.1 Å². The Morgan fingerprint density at radius 2 is 2.20 bits per heavy atom. The summed E-state index contributed by atoms with van der Waals surface area (Å²) in [6, 6.07) is 0. The van der Waals surface area contributed by atoms with Crippen LogP contribution in [0.3, 0.4) is 0 Å². The van der Waals surface area contributed by atoms with E-state index in [9.17, 15) is 18.4 Å². The van der Waals surface area contributed by atoms with Crippen LogP contribution in [0.2, 0.25) is 0 Å². The van der Waals surface area contributed by atoms with Gasteiger partial charge in [0.2, 0.25) is 0 Å². The summed E-state index contributed by atoms with van der Waals surface area (Å²) in [7, 11) is 0. The number of alkyl halides is 2. The first-order valence-electron chi connectivity index (χ1n) is 3.83. The van der Waals surface area contributed by atoms with Gasteiger partial charge in [-0.05, 0) is 22.6 Å². The zero-order chi connectivity index (χ0) is 11.6. The molecule has 82 valence electrons. The van der Waals surface area contributed by atoms with Gasteiger partial charge in [0.05, 0.1) is 6.42 Å². The Morgan fingerprint density at radius 1 is 1.60 bits per heavy atom. The van der Waals surface area contributed by atoms with Gasteiger partial charge >= 0.3 is 5.97 Å². The van der Waals surface area contributed by atoms with E-state index >= 15 is 0 Å². The molecule has 0 radical (unpaired) electrons. The number of aromatic nitrogens is 1. The standard InChI is InChI=1S/C8H6F2INO3/c9-7(10)6-3(1-5(13)14)8(15)12-2-4(6)11/h2,7H,1H2,(H,12,15)(H,13,14). The van der Waals surface area contributed by atoms with Crippen LogP contribution < -0.4 is 5.56 Å². The minimum absolute atomic E-state index is 0.151. The van der Waals surface area contributed by atoms with Crippen LogP contribution in [-0.2, 0) is 11.2 Å². The highest BCUT2D eigenvalue weighted by Gasteiger charge is 2.21. The lowest BCUT2D eigenvalue weighted by atomic mass is 10.1. The molecule has 1 rings (SSSR count). The van der Waals surface area contributed by atoms with Crippen molar-refractivity contribution in [2.24, 2.45) is 0 Å². The molecule has 15 heavy (non-hydrogen) atoms. The Hall–Kier alpha value is -0.990. The molecule has 0 atom stereocenters. The lowest BCUT2D eigenvalue weighted by Crippen LogP contribution is -2.20. The third kappa shape index (κ3) is 2.74. The van der Waals surface area contributed by atoms with Crippen molar-refractivity contribution < 1.29 is 18.7 Å². The van der Waals surface area contributed by atoms with E-state index in [1.807, 2.05) is 0 Å². The molecule has 2 N–H and O–H groups in total. The van der Waals surface area contributed by atoms with Crippen molar-refractivity contribution in [3.05, 3.63) is 31.2 Å². The van der Waals surface area contributed by atoms with Crippen LogP contribution in [0.5, 0.6) is 0 Å². The summed E-state index contributed by atoms with van der Waals surface area (Å²) in [4.78, 5) is 23.8. The number of carbonyl (C=O) groups is 1. The molecule has 0 aliphatic carbocycles. The molecule has 0 saturated heterocycles. The molecule has 0 fully saturated rings. The highest BCUT2D eigenvalue weighted by atomic mass is 127. The monoisotopic (exact) mass is 329 g/mol. The van der Waals surface area contributed by atoms with Crippen LogP contribution in [0.1, 0.15) is 17.6 Å². The highest BCUT2D eigenvalue weighted by molar-refractivity contribution is 14.1. The Morgan fingerprint density at radius 3 is 2.67 bits per heavy atom. The van der Waals surface area contributed by atoms with E-state index in [2.05, 4.69) is 4.98 Å². The van der Waals surface area contributed by atoms with Crippen molar-refractivity contribution in [3.8, 4) is 0 Å². The number of rotatable bonds is 3. The maximum absolute atomic E-state index is 12.6. The number of halogens is 3. The molecule has 0 saturated carbocycles. The number of carboxylic acid groups (broad SMARTS) is 1. The molecule has 7 heteroatoms. The van der Waals surface area contributed by atoms with Gasteiger partial charge in [-0.3, -0.25) is 9.59 Å². The topological polar surface area (TPSA) is 70.2 Å². The first kappa shape index (κ1) is 12.1. The van der Waals surface area contributed by atoms with E-state index in [0.717, 1.165) is 6.20 Å². The number of H-pyrrole nitrogens is 1. The number of hydrogen-bond acceptors (Lipinski definition) is 2. The van der Waals surface area contributed by atoms with Crippen molar-refractivity contribution in [1.29, 1.82) is 0 Å². The van der Waals surface area contributed by atoms with Gasteiger partial charge in [0, 0.05) is 20.9 Å². The minimum Gasteiger partial charge on any atom is -0.481 e. The molecule has 0 unspecified atom stereocenters. The lowest BCUT2D eigenvalue weighted by Gasteiger charge is -2.07. The van der Waals surface area contributed by atoms with Gasteiger partial charge in [-0.15, -0.1) is 0 Å². The van der Waals surface area contributed by atoms with Crippen molar-refractivity contribution in [2.45, 2.75) is 12.8 Å². The largest absolute Gasteiger partial charge is 0.481 e. The summed E-state index contributed by atoms with van der Waals surface area (Å²) in [5.41, 5.74) is -1.67. The SMILES string of the molecule is O=C(O)Cc1c(C(F)F)c(I)c[nH]c1=O. The van der Waals surface area contributed by atoms with E-state index in [-0.39, 0.29) is 9.13 Å². The molecule has 1 aromatic rings. The smallest absolute Gasteiger partial charge is 0.308 e. The van der Waals surface area contributed by atoms with Crippen LogP contribution in [0.25, 0.3) is 0 Å². The average Bonchev–Trinajstić information content (AvgIpc) is 2.10. The predicted octanol–water partition coefficient (Wildman–Crippen LogP) is 1.54. The quantitative estimate of drug-likeness (QED) is 0.827. The number of aliphatic carboxylic acids is 1. The van der Waals surface area contributed by atoms with Crippen LogP contribution in [0.4, 0.5) is 8.78 Å². The Kier molecular flexibility index (Phi) is 3.77. The second kappa shape index (κ2) is 4.69. The lowest BCUT2D eigenvalue weighted by molar-refractivity contribution is -0.136. The average molecular weight is 329 g/mol. The summed E-state index contributed by atoms with van der Waals surface area (Å²) >= 11 is 1.62. The zero-order valence-corrected chi connectivity index (χ0v) is 9.42. The van der Waals surface area contributed by atoms with Gasteiger partial charge in [0.1, 0.15) is 0 Å². The fraction of sp³-hybridized carbons (Fsp3) is 0.250. The van der Waals surface area contributed by atoms with Crippen molar-refractivity contribution in [3.63, 3.8) is 0 Å². The zero-order valence-electron chi connectivity index (χ0n) is 7.26. The molecule has 0 aliphatic heterocycles. The molecule has 0 spiro atoms. The van der Waals surface area contributed by atoms with E-state index < -0.39 is 29.9 Å². The maximum Gasteiger partial charge on any atom is 0.308 e. The Bertz CT molecular complexity index is 444. The normalized spacial score (nSPS) is 10.7. The summed E-state index contributed by atoms with van der Waals surface area (Å²) < 4.78 is 25.3. The second-order valence-electron chi connectivity index (χ2n) is 2.73. The molecule has 1 heterocycles. The fourth-order valence-electron chi connectivity index (χ4n) is 1.12. The number of nitrogens with one attached hydrogen (secondary N) is 1. The number of pyridine rings is 1. The van der Waals surface area contributed by atoms with Crippen molar-refractivity contribution in [1.82, 2.24) is 4.98 Å². The van der Waals surface area contributed by atoms with Gasteiger partial charge in [0.15, 0.2) is 0 Å². The molecular weight excluding hydrogens is 323 g/mol. The molecule has 0 bridgehead atoms. The number of hydrogen-bond donors (Lipinski definition) is 2. The highest BCUT2D eigenvalue weighted by Crippen LogP contribution is 2.25. The summed E-state index contributed by atoms with van der Waals surface area (Å²) in [5, 5.41) is 8.49. The summed E-state index contributed by atoms with van der Waals surface area (Å²) in [6.45, 7) is 0. The van der Waals surface area contributed by atoms with E-state index in [1.54, 1.807) is 22.6 Å². The molecule has 0 aliphatic rings. The Balaban J connectivity index is 3.38. The van der Waals surface area contributed by atoms with Crippen LogP contribution >= 0.6 is 22.6 Å². The molecule has 0 aromatic carbocycles. The first-order chi connectivity index (χ1) is 6.93. The number of aromatic amines is 1. The first-order valence-corrected chi connectivity index (χ1v) is 4.91. The second-order valence-corrected chi connectivity index (χ2v) is 3.89. The summed E-state index contributed by atoms with van der Waals surface area (Å²) in [6.07, 6.45) is -2.42. The third-order valence-corrected chi connectivity index (χ3v) is 2.63. The number of carboxylic acids is 1. The van der Waals surface area contributed by atoms with Crippen LogP contribution in [0, 0.1) is 3.57 Å². The summed E-state index contributed by atoms with van der Waals surface area (Å²) in [5.74, 6) is -1.32. The van der Waals surface area contributed by atoms with Gasteiger partial charge in [0.25, 0.3) is 12.0 Å². The van der Waals surface area contributed by atoms with E-state index in [0.29, 0.717) is 0 Å². The molecular formula is C8H6F2INO3. The van der Waals surface area contributed by atoms with Crippen LogP contribution in [-0.4, -0.2) is 16.1 Å². The molecule has 1 aromatic heterocycles. The molecule has 4 nitrogen and oxygen atoms in total.